The summed E-state index contributed by atoms with van der Waals surface area (Å²) in [6, 6.07) is 7.67. The normalized spacial score (nSPS) is 18.0. The molecule has 3 rings (SSSR count). The van der Waals surface area contributed by atoms with Crippen LogP contribution < -0.4 is 14.4 Å². The van der Waals surface area contributed by atoms with Gasteiger partial charge >= 0.3 is 0 Å². The van der Waals surface area contributed by atoms with Gasteiger partial charge in [-0.2, -0.15) is 0 Å². The Morgan fingerprint density at radius 2 is 1.77 bits per heavy atom. The molecule has 1 aromatic carbocycles. The molecule has 1 fully saturated rings. The molecular weight excluding hydrogens is 398 g/mol. The number of quaternary nitrogens is 1. The Labute approximate surface area is 181 Å². The summed E-state index contributed by atoms with van der Waals surface area (Å²) < 4.78 is 10.6. The predicted molar refractivity (Wildman–Crippen MR) is 115 cm³/mol. The first-order valence-corrected chi connectivity index (χ1v) is 10.1. The van der Waals surface area contributed by atoms with E-state index < -0.39 is 17.7 Å². The van der Waals surface area contributed by atoms with E-state index in [4.69, 9.17) is 9.47 Å². The minimum atomic E-state index is -0.703. The summed E-state index contributed by atoms with van der Waals surface area (Å²) in [6.45, 7) is 1.26. The van der Waals surface area contributed by atoms with Crippen LogP contribution in [0.15, 0.2) is 48.3 Å². The number of nitrogens with zero attached hydrogens (tertiary/aromatic N) is 2. The average Bonchev–Trinajstić information content (AvgIpc) is 3.03. The zero-order chi connectivity index (χ0) is 22.5. The van der Waals surface area contributed by atoms with E-state index in [-0.39, 0.29) is 11.3 Å². The lowest BCUT2D eigenvalue weighted by atomic mass is 9.95. The Morgan fingerprint density at radius 1 is 1.10 bits per heavy atom. The SMILES string of the molecule is COc1ccc(C(O)=C2C(=O)C(=O)N(CCC[NH+](C)C)[C@@H]2c2ccncc2)cc1OC. The summed E-state index contributed by atoms with van der Waals surface area (Å²) in [7, 11) is 7.07. The molecular formula is C23H28N3O5+. The molecule has 1 aliphatic rings. The van der Waals surface area contributed by atoms with Crippen molar-refractivity contribution in [1.82, 2.24) is 9.88 Å². The molecule has 1 aliphatic heterocycles. The summed E-state index contributed by atoms with van der Waals surface area (Å²) in [6.07, 6.45) is 3.94. The number of aliphatic hydroxyl groups is 1. The highest BCUT2D eigenvalue weighted by Crippen LogP contribution is 2.40. The van der Waals surface area contributed by atoms with Gasteiger partial charge in [0.25, 0.3) is 11.7 Å². The summed E-state index contributed by atoms with van der Waals surface area (Å²) >= 11 is 0. The second-order valence-electron chi connectivity index (χ2n) is 7.65. The zero-order valence-electron chi connectivity index (χ0n) is 18.2. The third kappa shape index (κ3) is 4.54. The van der Waals surface area contributed by atoms with E-state index in [1.165, 1.54) is 24.0 Å². The Balaban J connectivity index is 2.09. The van der Waals surface area contributed by atoms with E-state index in [9.17, 15) is 14.7 Å². The van der Waals surface area contributed by atoms with Crippen LogP contribution >= 0.6 is 0 Å². The molecule has 8 nitrogen and oxygen atoms in total. The predicted octanol–water partition coefficient (Wildman–Crippen LogP) is 1.06. The Hall–Kier alpha value is -3.39. The molecule has 8 heteroatoms. The van der Waals surface area contributed by atoms with Crippen molar-refractivity contribution in [3.05, 3.63) is 59.4 Å². The number of benzene rings is 1. The molecule has 0 unspecified atom stereocenters. The van der Waals surface area contributed by atoms with Gasteiger partial charge < -0.3 is 24.4 Å². The molecule has 1 saturated heterocycles. The van der Waals surface area contributed by atoms with Crippen molar-refractivity contribution in [2.75, 3.05) is 41.4 Å². The lowest BCUT2D eigenvalue weighted by molar-refractivity contribution is -0.858. The monoisotopic (exact) mass is 426 g/mol. The number of ether oxygens (including phenoxy) is 2. The number of pyridine rings is 1. The molecule has 1 aromatic heterocycles. The fraction of sp³-hybridized carbons (Fsp3) is 0.348. The quantitative estimate of drug-likeness (QED) is 0.372. The Kier molecular flexibility index (Phi) is 6.91. The molecule has 0 bridgehead atoms. The number of rotatable bonds is 8. The van der Waals surface area contributed by atoms with Crippen LogP contribution in [-0.2, 0) is 9.59 Å². The number of amides is 1. The van der Waals surface area contributed by atoms with Crippen LogP contribution in [0.25, 0.3) is 5.76 Å². The van der Waals surface area contributed by atoms with Crippen molar-refractivity contribution >= 4 is 17.4 Å². The van der Waals surface area contributed by atoms with Crippen LogP contribution in [0.1, 0.15) is 23.6 Å². The van der Waals surface area contributed by atoms with Gasteiger partial charge in [-0.05, 0) is 35.9 Å². The topological polar surface area (TPSA) is 93.4 Å². The summed E-state index contributed by atoms with van der Waals surface area (Å²) in [5.41, 5.74) is 1.14. The van der Waals surface area contributed by atoms with Crippen molar-refractivity contribution < 1.29 is 29.1 Å². The van der Waals surface area contributed by atoms with Gasteiger partial charge in [0.2, 0.25) is 0 Å². The third-order valence-electron chi connectivity index (χ3n) is 5.29. The third-order valence-corrected chi connectivity index (χ3v) is 5.29. The number of Topliss-reactive ketones (excluding diaryl/α,β-unsaturated/α-hetero) is 1. The molecule has 0 saturated carbocycles. The number of ketones is 1. The van der Waals surface area contributed by atoms with Gasteiger partial charge in [-0.3, -0.25) is 14.6 Å². The molecule has 1 amide bonds. The largest absolute Gasteiger partial charge is 0.507 e. The second kappa shape index (κ2) is 9.61. The van der Waals surface area contributed by atoms with Crippen molar-refractivity contribution in [3.63, 3.8) is 0 Å². The van der Waals surface area contributed by atoms with Crippen molar-refractivity contribution in [2.24, 2.45) is 0 Å². The molecule has 0 radical (unpaired) electrons. The van der Waals surface area contributed by atoms with E-state index in [2.05, 4.69) is 4.98 Å². The van der Waals surface area contributed by atoms with Gasteiger partial charge in [-0.15, -0.1) is 0 Å². The van der Waals surface area contributed by atoms with Crippen LogP contribution in [0.3, 0.4) is 0 Å². The molecule has 2 heterocycles. The first kappa shape index (κ1) is 22.3. The number of aromatic nitrogens is 1. The molecule has 0 aliphatic carbocycles. The van der Waals surface area contributed by atoms with Crippen LogP contribution in [-0.4, -0.2) is 68.1 Å². The van der Waals surface area contributed by atoms with Gasteiger partial charge in [-0.1, -0.05) is 0 Å². The fourth-order valence-electron chi connectivity index (χ4n) is 3.74. The number of methoxy groups -OCH3 is 2. The van der Waals surface area contributed by atoms with Gasteiger partial charge in [-0.25, -0.2) is 0 Å². The maximum atomic E-state index is 13.0. The summed E-state index contributed by atoms with van der Waals surface area (Å²) in [5.74, 6) is -0.655. The van der Waals surface area contributed by atoms with Gasteiger partial charge in [0, 0.05) is 30.9 Å². The second-order valence-corrected chi connectivity index (χ2v) is 7.65. The maximum absolute atomic E-state index is 13.0. The van der Waals surface area contributed by atoms with Gasteiger partial charge in [0.1, 0.15) is 5.76 Å². The molecule has 1 atom stereocenters. The first-order chi connectivity index (χ1) is 14.9. The van der Waals surface area contributed by atoms with Crippen molar-refractivity contribution in [3.8, 4) is 11.5 Å². The van der Waals surface area contributed by atoms with Gasteiger partial charge in [0.05, 0.1) is 46.5 Å². The van der Waals surface area contributed by atoms with Crippen LogP contribution in [0.5, 0.6) is 11.5 Å². The van der Waals surface area contributed by atoms with E-state index in [1.807, 2.05) is 14.1 Å². The summed E-state index contributed by atoms with van der Waals surface area (Å²) in [5, 5.41) is 11.1. The smallest absolute Gasteiger partial charge is 0.295 e. The highest BCUT2D eigenvalue weighted by Gasteiger charge is 2.45. The number of hydrogen-bond acceptors (Lipinski definition) is 6. The van der Waals surface area contributed by atoms with Crippen molar-refractivity contribution in [1.29, 1.82) is 0 Å². The number of carbonyl (C=O) groups excluding carboxylic acids is 2. The fourth-order valence-corrected chi connectivity index (χ4v) is 3.74. The Morgan fingerprint density at radius 3 is 2.39 bits per heavy atom. The van der Waals surface area contributed by atoms with E-state index in [0.29, 0.717) is 29.2 Å². The maximum Gasteiger partial charge on any atom is 0.295 e. The molecule has 2 N–H and O–H groups in total. The average molecular weight is 426 g/mol. The van der Waals surface area contributed by atoms with Crippen LogP contribution in [0.4, 0.5) is 0 Å². The first-order valence-electron chi connectivity index (χ1n) is 10.1. The highest BCUT2D eigenvalue weighted by atomic mass is 16.5. The molecule has 2 aromatic rings. The van der Waals surface area contributed by atoms with E-state index in [0.717, 1.165) is 13.0 Å². The minimum absolute atomic E-state index is 0.0561. The number of nitrogens with one attached hydrogen (secondary N) is 1. The number of hydrogen-bond donors (Lipinski definition) is 2. The minimum Gasteiger partial charge on any atom is -0.507 e. The number of likely N-dealkylation sites (tertiary alicyclic amines) is 1. The summed E-state index contributed by atoms with van der Waals surface area (Å²) in [4.78, 5) is 32.7. The lowest BCUT2D eigenvalue weighted by Crippen LogP contribution is -3.05. The van der Waals surface area contributed by atoms with Gasteiger partial charge in [0.15, 0.2) is 11.5 Å². The number of carbonyl (C=O) groups is 2. The lowest BCUT2D eigenvalue weighted by Gasteiger charge is -2.25. The highest BCUT2D eigenvalue weighted by molar-refractivity contribution is 6.46. The molecule has 0 spiro atoms. The zero-order valence-corrected chi connectivity index (χ0v) is 18.2. The standard InChI is InChI=1S/C23H27N3O5/c1-25(2)12-5-13-26-20(15-8-10-24-11-9-15)19(22(28)23(26)29)21(27)16-6-7-17(30-3)18(14-16)31-4/h6-11,14,20,27H,5,12-13H2,1-4H3/p+1/t20-/m1/s1. The van der Waals surface area contributed by atoms with Crippen molar-refractivity contribution in [2.45, 2.75) is 12.5 Å². The molecule has 164 valence electrons. The number of aliphatic hydroxyl groups excluding tert-OH is 1. The van der Waals surface area contributed by atoms with Crippen LogP contribution in [0.2, 0.25) is 0 Å². The van der Waals surface area contributed by atoms with E-state index >= 15 is 0 Å². The van der Waals surface area contributed by atoms with Crippen LogP contribution in [0, 0.1) is 0 Å². The molecule has 31 heavy (non-hydrogen) atoms. The Bertz CT molecular complexity index is 988. The van der Waals surface area contributed by atoms with E-state index in [1.54, 1.807) is 42.7 Å².